The van der Waals surface area contributed by atoms with Crippen molar-refractivity contribution in [2.75, 3.05) is 6.54 Å². The molecule has 1 aromatic rings. The van der Waals surface area contributed by atoms with Crippen LogP contribution in [0.4, 0.5) is 0 Å². The van der Waals surface area contributed by atoms with Gasteiger partial charge in [-0.2, -0.15) is 0 Å². The van der Waals surface area contributed by atoms with Crippen molar-refractivity contribution in [2.24, 2.45) is 0 Å². The lowest BCUT2D eigenvalue weighted by Crippen LogP contribution is -2.44. The van der Waals surface area contributed by atoms with Crippen LogP contribution in [0.2, 0.25) is 0 Å². The van der Waals surface area contributed by atoms with E-state index in [2.05, 4.69) is 28.0 Å². The zero-order chi connectivity index (χ0) is 13.0. The SMILES string of the molecule is C#CCNC(=O)C(C)NC1CCCc2sccc21. The van der Waals surface area contributed by atoms with Gasteiger partial charge < -0.3 is 5.32 Å². The number of rotatable bonds is 4. The van der Waals surface area contributed by atoms with E-state index in [-0.39, 0.29) is 11.9 Å². The van der Waals surface area contributed by atoms with E-state index in [1.807, 2.05) is 18.3 Å². The van der Waals surface area contributed by atoms with Crippen LogP contribution in [0.3, 0.4) is 0 Å². The predicted octanol–water partition coefficient (Wildman–Crippen LogP) is 1.85. The van der Waals surface area contributed by atoms with Crippen LogP contribution >= 0.6 is 11.3 Å². The molecule has 2 atom stereocenters. The summed E-state index contributed by atoms with van der Waals surface area (Å²) in [5.41, 5.74) is 1.36. The first-order valence-electron chi connectivity index (χ1n) is 6.26. The smallest absolute Gasteiger partial charge is 0.237 e. The number of carbonyl (C=O) groups excluding carboxylic acids is 1. The summed E-state index contributed by atoms with van der Waals surface area (Å²) < 4.78 is 0. The highest BCUT2D eigenvalue weighted by Gasteiger charge is 2.24. The molecule has 2 unspecified atom stereocenters. The molecule has 2 rings (SSSR count). The van der Waals surface area contributed by atoms with Crippen LogP contribution in [0.5, 0.6) is 0 Å². The molecule has 4 heteroatoms. The number of terminal acetylenes is 1. The van der Waals surface area contributed by atoms with E-state index in [0.29, 0.717) is 12.6 Å². The summed E-state index contributed by atoms with van der Waals surface area (Å²) in [7, 11) is 0. The fourth-order valence-corrected chi connectivity index (χ4v) is 3.32. The summed E-state index contributed by atoms with van der Waals surface area (Å²) in [5, 5.41) is 8.23. The van der Waals surface area contributed by atoms with Gasteiger partial charge in [0, 0.05) is 10.9 Å². The first-order chi connectivity index (χ1) is 8.72. The lowest BCUT2D eigenvalue weighted by atomic mass is 9.93. The van der Waals surface area contributed by atoms with Crippen LogP contribution in [-0.2, 0) is 11.2 Å². The molecular weight excluding hydrogens is 244 g/mol. The minimum atomic E-state index is -0.214. The highest BCUT2D eigenvalue weighted by molar-refractivity contribution is 7.10. The minimum Gasteiger partial charge on any atom is -0.344 e. The summed E-state index contributed by atoms with van der Waals surface area (Å²) >= 11 is 1.81. The van der Waals surface area contributed by atoms with Gasteiger partial charge in [0.05, 0.1) is 12.6 Å². The van der Waals surface area contributed by atoms with Crippen LogP contribution < -0.4 is 10.6 Å². The monoisotopic (exact) mass is 262 g/mol. The molecule has 1 aliphatic rings. The minimum absolute atomic E-state index is 0.0321. The standard InChI is InChI=1S/C14H18N2OS/c1-3-8-15-14(17)10(2)16-12-5-4-6-13-11(12)7-9-18-13/h1,7,9-10,12,16H,4-6,8H2,2H3,(H,15,17). The van der Waals surface area contributed by atoms with Crippen molar-refractivity contribution in [3.63, 3.8) is 0 Å². The predicted molar refractivity (Wildman–Crippen MR) is 74.4 cm³/mol. The molecule has 0 fully saturated rings. The third kappa shape index (κ3) is 2.92. The van der Waals surface area contributed by atoms with Crippen LogP contribution in [0, 0.1) is 12.3 Å². The number of nitrogens with one attached hydrogen (secondary N) is 2. The molecule has 0 aliphatic heterocycles. The number of carbonyl (C=O) groups is 1. The number of amides is 1. The van der Waals surface area contributed by atoms with Gasteiger partial charge in [-0.05, 0) is 43.2 Å². The Labute approximate surface area is 112 Å². The topological polar surface area (TPSA) is 41.1 Å². The Morgan fingerprint density at radius 1 is 1.72 bits per heavy atom. The van der Waals surface area contributed by atoms with Gasteiger partial charge in [0.25, 0.3) is 0 Å². The summed E-state index contributed by atoms with van der Waals surface area (Å²) in [4.78, 5) is 13.2. The van der Waals surface area contributed by atoms with Crippen LogP contribution in [0.15, 0.2) is 11.4 Å². The highest BCUT2D eigenvalue weighted by atomic mass is 32.1. The molecule has 1 amide bonds. The first-order valence-corrected chi connectivity index (χ1v) is 7.14. The Morgan fingerprint density at radius 2 is 2.56 bits per heavy atom. The Kier molecular flexibility index (Phi) is 4.40. The number of hydrogen-bond donors (Lipinski definition) is 2. The molecule has 0 saturated carbocycles. The molecule has 2 N–H and O–H groups in total. The summed E-state index contributed by atoms with van der Waals surface area (Å²) in [6, 6.07) is 2.25. The zero-order valence-corrected chi connectivity index (χ0v) is 11.3. The average molecular weight is 262 g/mol. The van der Waals surface area contributed by atoms with Gasteiger partial charge in [-0.25, -0.2) is 0 Å². The van der Waals surface area contributed by atoms with Crippen LogP contribution in [0.1, 0.15) is 36.2 Å². The molecule has 0 aromatic carbocycles. The zero-order valence-electron chi connectivity index (χ0n) is 10.5. The third-order valence-corrected chi connectivity index (χ3v) is 4.26. The van der Waals surface area contributed by atoms with Crippen molar-refractivity contribution in [1.29, 1.82) is 0 Å². The third-order valence-electron chi connectivity index (χ3n) is 3.26. The van der Waals surface area contributed by atoms with E-state index in [0.717, 1.165) is 6.42 Å². The molecule has 0 bridgehead atoms. The number of fused-ring (bicyclic) bond motifs is 1. The quantitative estimate of drug-likeness (QED) is 0.813. The van der Waals surface area contributed by atoms with Crippen molar-refractivity contribution < 1.29 is 4.79 Å². The highest BCUT2D eigenvalue weighted by Crippen LogP contribution is 2.33. The second-order valence-electron chi connectivity index (χ2n) is 4.55. The summed E-state index contributed by atoms with van der Waals surface area (Å²) in [6.07, 6.45) is 8.57. The van der Waals surface area contributed by atoms with Gasteiger partial charge >= 0.3 is 0 Å². The fraction of sp³-hybridized carbons (Fsp3) is 0.500. The Morgan fingerprint density at radius 3 is 3.33 bits per heavy atom. The number of aryl methyl sites for hydroxylation is 1. The molecule has 1 heterocycles. The van der Waals surface area contributed by atoms with Gasteiger partial charge in [0.2, 0.25) is 5.91 Å². The lowest BCUT2D eigenvalue weighted by molar-refractivity contribution is -0.122. The Balaban J connectivity index is 1.95. The molecule has 0 radical (unpaired) electrons. The van der Waals surface area contributed by atoms with E-state index < -0.39 is 0 Å². The lowest BCUT2D eigenvalue weighted by Gasteiger charge is -2.26. The van der Waals surface area contributed by atoms with Crippen molar-refractivity contribution in [3.8, 4) is 12.3 Å². The maximum absolute atomic E-state index is 11.8. The van der Waals surface area contributed by atoms with Crippen molar-refractivity contribution in [3.05, 3.63) is 21.9 Å². The molecule has 1 aromatic heterocycles. The normalized spacial score (nSPS) is 19.7. The van der Waals surface area contributed by atoms with E-state index in [1.54, 1.807) is 0 Å². The molecule has 18 heavy (non-hydrogen) atoms. The second kappa shape index (κ2) is 6.03. The van der Waals surface area contributed by atoms with Crippen molar-refractivity contribution in [1.82, 2.24) is 10.6 Å². The largest absolute Gasteiger partial charge is 0.344 e. The summed E-state index contributed by atoms with van der Waals surface area (Å²) in [6.45, 7) is 2.17. The molecule has 0 spiro atoms. The van der Waals surface area contributed by atoms with Crippen LogP contribution in [-0.4, -0.2) is 18.5 Å². The van der Waals surface area contributed by atoms with E-state index >= 15 is 0 Å². The van der Waals surface area contributed by atoms with E-state index in [9.17, 15) is 4.79 Å². The maximum Gasteiger partial charge on any atom is 0.237 e. The van der Waals surface area contributed by atoms with Crippen molar-refractivity contribution in [2.45, 2.75) is 38.3 Å². The average Bonchev–Trinajstić information content (AvgIpc) is 2.85. The fourth-order valence-electron chi connectivity index (χ4n) is 2.33. The van der Waals surface area contributed by atoms with Gasteiger partial charge in [-0.15, -0.1) is 17.8 Å². The maximum atomic E-state index is 11.8. The van der Waals surface area contributed by atoms with E-state index in [1.165, 1.54) is 23.3 Å². The van der Waals surface area contributed by atoms with Gasteiger partial charge in [-0.1, -0.05) is 5.92 Å². The molecule has 0 saturated heterocycles. The van der Waals surface area contributed by atoms with Crippen molar-refractivity contribution >= 4 is 17.2 Å². The van der Waals surface area contributed by atoms with Gasteiger partial charge in [0.1, 0.15) is 0 Å². The van der Waals surface area contributed by atoms with Gasteiger partial charge in [-0.3, -0.25) is 10.1 Å². The molecule has 3 nitrogen and oxygen atoms in total. The molecule has 96 valence electrons. The number of thiophene rings is 1. The Bertz CT molecular complexity index is 461. The summed E-state index contributed by atoms with van der Waals surface area (Å²) in [5.74, 6) is 2.38. The molecule has 1 aliphatic carbocycles. The number of hydrogen-bond acceptors (Lipinski definition) is 3. The van der Waals surface area contributed by atoms with E-state index in [4.69, 9.17) is 6.42 Å². The first kappa shape index (κ1) is 13.1. The molecular formula is C14H18N2OS. The second-order valence-corrected chi connectivity index (χ2v) is 5.55. The van der Waals surface area contributed by atoms with Crippen LogP contribution in [0.25, 0.3) is 0 Å². The van der Waals surface area contributed by atoms with Gasteiger partial charge in [0.15, 0.2) is 0 Å². The Hall–Kier alpha value is -1.31.